The van der Waals surface area contributed by atoms with Gasteiger partial charge in [-0.2, -0.15) is 0 Å². The third kappa shape index (κ3) is 4.34. The van der Waals surface area contributed by atoms with Gasteiger partial charge in [0, 0.05) is 11.7 Å². The SMILES string of the molecule is Cc1cccc(C(C)C)c1NC(=O)CSc1nncn1C(C)C. The highest BCUT2D eigenvalue weighted by Gasteiger charge is 2.14. The van der Waals surface area contributed by atoms with Gasteiger partial charge in [0.05, 0.1) is 5.75 Å². The number of para-hydroxylation sites is 1. The fourth-order valence-corrected chi connectivity index (χ4v) is 3.18. The Bertz CT molecular complexity index is 679. The molecule has 0 saturated heterocycles. The zero-order chi connectivity index (χ0) is 17.0. The van der Waals surface area contributed by atoms with Crippen LogP contribution in [0.1, 0.15) is 50.8 Å². The van der Waals surface area contributed by atoms with Crippen molar-refractivity contribution in [1.82, 2.24) is 14.8 Å². The number of benzene rings is 1. The Kier molecular flexibility index (Phi) is 5.82. The van der Waals surface area contributed by atoms with Crippen LogP contribution in [0.4, 0.5) is 5.69 Å². The second-order valence-electron chi connectivity index (χ2n) is 6.15. The van der Waals surface area contributed by atoms with Gasteiger partial charge in [0.25, 0.3) is 0 Å². The van der Waals surface area contributed by atoms with Crippen molar-refractivity contribution in [1.29, 1.82) is 0 Å². The van der Waals surface area contributed by atoms with Crippen LogP contribution in [0, 0.1) is 6.92 Å². The normalized spacial score (nSPS) is 11.3. The Morgan fingerprint density at radius 2 is 2.04 bits per heavy atom. The Balaban J connectivity index is 2.05. The number of carbonyl (C=O) groups is 1. The minimum absolute atomic E-state index is 0.0236. The smallest absolute Gasteiger partial charge is 0.234 e. The lowest BCUT2D eigenvalue weighted by molar-refractivity contribution is -0.113. The molecule has 5 nitrogen and oxygen atoms in total. The third-order valence-corrected chi connectivity index (χ3v) is 4.58. The largest absolute Gasteiger partial charge is 0.325 e. The van der Waals surface area contributed by atoms with E-state index < -0.39 is 0 Å². The van der Waals surface area contributed by atoms with E-state index in [1.807, 2.05) is 23.6 Å². The van der Waals surface area contributed by atoms with Crippen LogP contribution in [-0.2, 0) is 4.79 Å². The van der Waals surface area contributed by atoms with E-state index in [4.69, 9.17) is 0 Å². The van der Waals surface area contributed by atoms with Crippen molar-refractivity contribution in [2.24, 2.45) is 0 Å². The van der Waals surface area contributed by atoms with Gasteiger partial charge in [-0.15, -0.1) is 10.2 Å². The first kappa shape index (κ1) is 17.5. The summed E-state index contributed by atoms with van der Waals surface area (Å²) in [6, 6.07) is 6.39. The van der Waals surface area contributed by atoms with Crippen LogP contribution < -0.4 is 5.32 Å². The number of rotatable bonds is 6. The third-order valence-electron chi connectivity index (χ3n) is 3.62. The molecule has 1 amide bonds. The van der Waals surface area contributed by atoms with Crippen LogP contribution in [-0.4, -0.2) is 26.4 Å². The zero-order valence-corrected chi connectivity index (χ0v) is 15.1. The van der Waals surface area contributed by atoms with Crippen molar-refractivity contribution in [3.63, 3.8) is 0 Å². The summed E-state index contributed by atoms with van der Waals surface area (Å²) in [5.41, 5.74) is 3.17. The van der Waals surface area contributed by atoms with E-state index >= 15 is 0 Å². The maximum Gasteiger partial charge on any atom is 0.234 e. The van der Waals surface area contributed by atoms with E-state index in [-0.39, 0.29) is 11.9 Å². The Labute approximate surface area is 141 Å². The molecule has 0 radical (unpaired) electrons. The quantitative estimate of drug-likeness (QED) is 0.812. The fraction of sp³-hybridized carbons (Fsp3) is 0.471. The summed E-state index contributed by atoms with van der Waals surface area (Å²) in [5, 5.41) is 11.8. The second kappa shape index (κ2) is 7.64. The lowest BCUT2D eigenvalue weighted by Gasteiger charge is -2.16. The number of thioether (sulfide) groups is 1. The van der Waals surface area contributed by atoms with E-state index in [9.17, 15) is 4.79 Å². The van der Waals surface area contributed by atoms with Gasteiger partial charge in [-0.3, -0.25) is 4.79 Å². The predicted molar refractivity (Wildman–Crippen MR) is 95.0 cm³/mol. The van der Waals surface area contributed by atoms with Crippen molar-refractivity contribution in [2.75, 3.05) is 11.1 Å². The fourth-order valence-electron chi connectivity index (χ4n) is 2.34. The van der Waals surface area contributed by atoms with Gasteiger partial charge in [-0.05, 0) is 37.8 Å². The first-order valence-corrected chi connectivity index (χ1v) is 8.80. The van der Waals surface area contributed by atoms with Gasteiger partial charge in [-0.1, -0.05) is 43.8 Å². The van der Waals surface area contributed by atoms with E-state index in [0.29, 0.717) is 11.7 Å². The molecule has 2 aromatic rings. The Morgan fingerprint density at radius 1 is 1.30 bits per heavy atom. The van der Waals surface area contributed by atoms with Crippen LogP contribution >= 0.6 is 11.8 Å². The molecular weight excluding hydrogens is 308 g/mol. The lowest BCUT2D eigenvalue weighted by atomic mass is 9.98. The Morgan fingerprint density at radius 3 is 2.70 bits per heavy atom. The summed E-state index contributed by atoms with van der Waals surface area (Å²) in [5.74, 6) is 0.656. The summed E-state index contributed by atoms with van der Waals surface area (Å²) >= 11 is 1.41. The standard InChI is InChI=1S/C17H24N4OS/c1-11(2)14-8-6-7-13(5)16(14)19-15(22)9-23-17-20-18-10-21(17)12(3)4/h6-8,10-12H,9H2,1-5H3,(H,19,22). The minimum Gasteiger partial charge on any atom is -0.325 e. The molecule has 0 aliphatic carbocycles. The molecule has 1 N–H and O–H groups in total. The molecule has 1 heterocycles. The molecule has 6 heteroatoms. The number of carbonyl (C=O) groups excluding carboxylic acids is 1. The van der Waals surface area contributed by atoms with Crippen molar-refractivity contribution in [3.05, 3.63) is 35.7 Å². The average molecular weight is 332 g/mol. The first-order chi connectivity index (χ1) is 10.9. The summed E-state index contributed by atoms with van der Waals surface area (Å²) < 4.78 is 1.96. The topological polar surface area (TPSA) is 59.8 Å². The molecule has 0 atom stereocenters. The van der Waals surface area contributed by atoms with E-state index in [0.717, 1.165) is 22.0 Å². The minimum atomic E-state index is -0.0236. The van der Waals surface area contributed by atoms with Crippen molar-refractivity contribution in [2.45, 2.75) is 51.7 Å². The van der Waals surface area contributed by atoms with Crippen molar-refractivity contribution in [3.8, 4) is 0 Å². The molecule has 1 aromatic carbocycles. The molecule has 0 bridgehead atoms. The maximum absolute atomic E-state index is 12.3. The monoisotopic (exact) mass is 332 g/mol. The molecule has 0 aliphatic heterocycles. The van der Waals surface area contributed by atoms with Crippen LogP contribution in [0.25, 0.3) is 0 Å². The molecule has 1 aromatic heterocycles. The van der Waals surface area contributed by atoms with Gasteiger partial charge >= 0.3 is 0 Å². The molecule has 0 fully saturated rings. The van der Waals surface area contributed by atoms with Crippen molar-refractivity contribution < 1.29 is 4.79 Å². The number of aryl methyl sites for hydroxylation is 1. The van der Waals surface area contributed by atoms with Gasteiger partial charge in [0.15, 0.2) is 5.16 Å². The molecule has 0 spiro atoms. The number of amides is 1. The van der Waals surface area contributed by atoms with Gasteiger partial charge in [0.1, 0.15) is 6.33 Å². The summed E-state index contributed by atoms with van der Waals surface area (Å²) in [7, 11) is 0. The molecule has 0 unspecified atom stereocenters. The highest BCUT2D eigenvalue weighted by atomic mass is 32.2. The maximum atomic E-state index is 12.3. The number of hydrogen-bond acceptors (Lipinski definition) is 4. The number of hydrogen-bond donors (Lipinski definition) is 1. The highest BCUT2D eigenvalue weighted by molar-refractivity contribution is 7.99. The van der Waals surface area contributed by atoms with Crippen LogP contribution in [0.3, 0.4) is 0 Å². The molecule has 0 aliphatic rings. The molecular formula is C17H24N4OS. The first-order valence-electron chi connectivity index (χ1n) is 7.81. The number of nitrogens with one attached hydrogen (secondary N) is 1. The number of nitrogens with zero attached hydrogens (tertiary/aromatic N) is 3. The van der Waals surface area contributed by atoms with E-state index in [1.54, 1.807) is 6.33 Å². The van der Waals surface area contributed by atoms with Gasteiger partial charge in [0.2, 0.25) is 5.91 Å². The van der Waals surface area contributed by atoms with E-state index in [2.05, 4.69) is 49.3 Å². The highest BCUT2D eigenvalue weighted by Crippen LogP contribution is 2.28. The van der Waals surface area contributed by atoms with Crippen LogP contribution in [0.15, 0.2) is 29.7 Å². The summed E-state index contributed by atoms with van der Waals surface area (Å²) in [6.07, 6.45) is 1.70. The van der Waals surface area contributed by atoms with E-state index in [1.165, 1.54) is 11.8 Å². The zero-order valence-electron chi connectivity index (χ0n) is 14.3. The molecule has 2 rings (SSSR count). The summed E-state index contributed by atoms with van der Waals surface area (Å²) in [4.78, 5) is 12.3. The summed E-state index contributed by atoms with van der Waals surface area (Å²) in [6.45, 7) is 10.4. The van der Waals surface area contributed by atoms with Crippen LogP contribution in [0.2, 0.25) is 0 Å². The van der Waals surface area contributed by atoms with Crippen LogP contribution in [0.5, 0.6) is 0 Å². The van der Waals surface area contributed by atoms with Gasteiger partial charge in [-0.25, -0.2) is 0 Å². The number of aromatic nitrogens is 3. The predicted octanol–water partition coefficient (Wildman–Crippen LogP) is 4.02. The average Bonchev–Trinajstić information content (AvgIpc) is 2.95. The molecule has 0 saturated carbocycles. The van der Waals surface area contributed by atoms with Crippen molar-refractivity contribution >= 4 is 23.4 Å². The second-order valence-corrected chi connectivity index (χ2v) is 7.09. The number of anilines is 1. The Hall–Kier alpha value is -1.82. The van der Waals surface area contributed by atoms with Gasteiger partial charge < -0.3 is 9.88 Å². The molecule has 124 valence electrons. The lowest BCUT2D eigenvalue weighted by Crippen LogP contribution is -2.17. The molecule has 23 heavy (non-hydrogen) atoms.